The molecule has 1 atom stereocenters. The van der Waals surface area contributed by atoms with Gasteiger partial charge >= 0.3 is 0 Å². The van der Waals surface area contributed by atoms with Crippen molar-refractivity contribution in [2.24, 2.45) is 5.73 Å². The van der Waals surface area contributed by atoms with E-state index in [2.05, 4.69) is 10.6 Å². The molecule has 1 amide bonds. The third-order valence-electron chi connectivity index (χ3n) is 1.37. The molecule has 0 aliphatic rings. The molecule has 0 saturated heterocycles. The third-order valence-corrected chi connectivity index (χ3v) is 1.37. The van der Waals surface area contributed by atoms with E-state index in [1.54, 1.807) is 7.05 Å². The number of hydrogen-bond donors (Lipinski definition) is 3. The Bertz CT molecular complexity index is 105. The number of likely N-dealkylation sites (N-methyl/N-ethyl adjacent to an activating group) is 1. The summed E-state index contributed by atoms with van der Waals surface area (Å²) in [7, 11) is 3.57. The highest BCUT2D eigenvalue weighted by atomic mass is 16.1. The van der Waals surface area contributed by atoms with Gasteiger partial charge in [-0.25, -0.2) is 0 Å². The first-order chi connectivity index (χ1) is 4.72. The van der Waals surface area contributed by atoms with E-state index in [0.717, 1.165) is 13.0 Å². The molecule has 0 aromatic rings. The van der Waals surface area contributed by atoms with E-state index in [1.807, 2.05) is 7.05 Å². The van der Waals surface area contributed by atoms with Crippen LogP contribution in [0.1, 0.15) is 6.42 Å². The van der Waals surface area contributed by atoms with Crippen molar-refractivity contribution in [2.75, 3.05) is 20.6 Å². The lowest BCUT2D eigenvalue weighted by Crippen LogP contribution is -2.40. The van der Waals surface area contributed by atoms with Crippen LogP contribution >= 0.6 is 0 Å². The molecular weight excluding hydrogens is 130 g/mol. The van der Waals surface area contributed by atoms with Crippen molar-refractivity contribution in [3.63, 3.8) is 0 Å². The van der Waals surface area contributed by atoms with Gasteiger partial charge in [0.1, 0.15) is 0 Å². The standard InChI is InChI=1S/C6H15N3O/c1-8-4-3-5(9-2)6(7)10/h5,8-9H,3-4H2,1-2H3,(H2,7,10). The predicted molar refractivity (Wildman–Crippen MR) is 40.6 cm³/mol. The lowest BCUT2D eigenvalue weighted by Gasteiger charge is -2.10. The van der Waals surface area contributed by atoms with Gasteiger partial charge < -0.3 is 16.4 Å². The van der Waals surface area contributed by atoms with E-state index < -0.39 is 0 Å². The van der Waals surface area contributed by atoms with E-state index >= 15 is 0 Å². The summed E-state index contributed by atoms with van der Waals surface area (Å²) in [6.07, 6.45) is 0.738. The molecule has 0 fully saturated rings. The number of carbonyl (C=O) groups is 1. The molecule has 0 aromatic carbocycles. The average Bonchev–Trinajstić information content (AvgIpc) is 1.89. The van der Waals surface area contributed by atoms with Crippen molar-refractivity contribution >= 4 is 5.91 Å². The maximum absolute atomic E-state index is 10.6. The number of primary amides is 1. The minimum atomic E-state index is -0.294. The van der Waals surface area contributed by atoms with Gasteiger partial charge in [-0.3, -0.25) is 4.79 Å². The van der Waals surface area contributed by atoms with Gasteiger partial charge in [-0.15, -0.1) is 0 Å². The van der Waals surface area contributed by atoms with Crippen LogP contribution in [0, 0.1) is 0 Å². The number of nitrogens with two attached hydrogens (primary N) is 1. The van der Waals surface area contributed by atoms with E-state index in [1.165, 1.54) is 0 Å². The van der Waals surface area contributed by atoms with Crippen LogP contribution in [-0.4, -0.2) is 32.6 Å². The molecule has 4 nitrogen and oxygen atoms in total. The molecule has 0 aromatic heterocycles. The number of carbonyl (C=O) groups excluding carboxylic acids is 1. The fourth-order valence-electron chi connectivity index (χ4n) is 0.718. The lowest BCUT2D eigenvalue weighted by molar-refractivity contribution is -0.120. The van der Waals surface area contributed by atoms with Crippen LogP contribution in [0.2, 0.25) is 0 Å². The quantitative estimate of drug-likeness (QED) is 0.449. The van der Waals surface area contributed by atoms with Gasteiger partial charge in [-0.2, -0.15) is 0 Å². The zero-order valence-corrected chi connectivity index (χ0v) is 6.48. The Morgan fingerprint density at radius 3 is 2.50 bits per heavy atom. The van der Waals surface area contributed by atoms with Crippen molar-refractivity contribution in [1.29, 1.82) is 0 Å². The summed E-state index contributed by atoms with van der Waals surface area (Å²) in [4.78, 5) is 10.6. The Kier molecular flexibility index (Phi) is 4.88. The first-order valence-electron chi connectivity index (χ1n) is 3.33. The second kappa shape index (κ2) is 5.20. The van der Waals surface area contributed by atoms with Crippen LogP contribution in [0.5, 0.6) is 0 Å². The van der Waals surface area contributed by atoms with Gasteiger partial charge in [0.2, 0.25) is 5.91 Å². The zero-order valence-electron chi connectivity index (χ0n) is 6.48. The second-order valence-corrected chi connectivity index (χ2v) is 2.14. The molecule has 0 aliphatic carbocycles. The number of hydrogen-bond acceptors (Lipinski definition) is 3. The summed E-state index contributed by atoms with van der Waals surface area (Å²) in [6.45, 7) is 0.800. The molecule has 0 heterocycles. The Labute approximate surface area is 61.2 Å². The van der Waals surface area contributed by atoms with Crippen LogP contribution in [0.25, 0.3) is 0 Å². The molecule has 4 N–H and O–H groups in total. The van der Waals surface area contributed by atoms with Crippen molar-refractivity contribution < 1.29 is 4.79 Å². The summed E-state index contributed by atoms with van der Waals surface area (Å²) >= 11 is 0. The molecule has 0 radical (unpaired) electrons. The number of amides is 1. The average molecular weight is 145 g/mol. The number of rotatable bonds is 5. The summed E-state index contributed by atoms with van der Waals surface area (Å²) in [5.74, 6) is -0.294. The van der Waals surface area contributed by atoms with Crippen LogP contribution < -0.4 is 16.4 Å². The molecule has 0 bridgehead atoms. The highest BCUT2D eigenvalue weighted by Gasteiger charge is 2.10. The van der Waals surface area contributed by atoms with Crippen molar-refractivity contribution in [2.45, 2.75) is 12.5 Å². The molecule has 10 heavy (non-hydrogen) atoms. The minimum Gasteiger partial charge on any atom is -0.368 e. The van der Waals surface area contributed by atoms with E-state index in [4.69, 9.17) is 5.73 Å². The van der Waals surface area contributed by atoms with Crippen molar-refractivity contribution in [3.05, 3.63) is 0 Å². The highest BCUT2D eigenvalue weighted by molar-refractivity contribution is 5.79. The first kappa shape index (κ1) is 9.39. The van der Waals surface area contributed by atoms with Gasteiger partial charge in [0.25, 0.3) is 0 Å². The van der Waals surface area contributed by atoms with Crippen LogP contribution in [0.15, 0.2) is 0 Å². The monoisotopic (exact) mass is 145 g/mol. The van der Waals surface area contributed by atoms with Gasteiger partial charge in [0.05, 0.1) is 6.04 Å². The molecular formula is C6H15N3O. The van der Waals surface area contributed by atoms with E-state index in [-0.39, 0.29) is 11.9 Å². The Morgan fingerprint density at radius 1 is 1.60 bits per heavy atom. The normalized spacial score (nSPS) is 13.0. The molecule has 1 unspecified atom stereocenters. The molecule has 0 rings (SSSR count). The van der Waals surface area contributed by atoms with Crippen LogP contribution in [0.3, 0.4) is 0 Å². The fraction of sp³-hybridized carbons (Fsp3) is 0.833. The van der Waals surface area contributed by atoms with Crippen molar-refractivity contribution in [1.82, 2.24) is 10.6 Å². The fourth-order valence-corrected chi connectivity index (χ4v) is 0.718. The summed E-state index contributed by atoms with van der Waals surface area (Å²) in [5.41, 5.74) is 5.06. The Morgan fingerprint density at radius 2 is 2.20 bits per heavy atom. The van der Waals surface area contributed by atoms with Gasteiger partial charge in [-0.1, -0.05) is 0 Å². The summed E-state index contributed by atoms with van der Waals surface area (Å²) in [6, 6.07) is -0.201. The topological polar surface area (TPSA) is 67.2 Å². The largest absolute Gasteiger partial charge is 0.368 e. The van der Waals surface area contributed by atoms with Crippen LogP contribution in [-0.2, 0) is 4.79 Å². The highest BCUT2D eigenvalue weighted by Crippen LogP contribution is 1.86. The third kappa shape index (κ3) is 3.42. The van der Waals surface area contributed by atoms with Gasteiger partial charge in [-0.05, 0) is 27.1 Å². The Balaban J connectivity index is 3.50. The van der Waals surface area contributed by atoms with Crippen LogP contribution in [0.4, 0.5) is 0 Å². The van der Waals surface area contributed by atoms with E-state index in [0.29, 0.717) is 0 Å². The van der Waals surface area contributed by atoms with Gasteiger partial charge in [0.15, 0.2) is 0 Å². The minimum absolute atomic E-state index is 0.201. The summed E-state index contributed by atoms with van der Waals surface area (Å²) < 4.78 is 0. The molecule has 0 spiro atoms. The zero-order chi connectivity index (χ0) is 7.98. The lowest BCUT2D eigenvalue weighted by atomic mass is 10.2. The molecule has 0 aliphatic heterocycles. The molecule has 0 saturated carbocycles. The van der Waals surface area contributed by atoms with E-state index in [9.17, 15) is 4.79 Å². The first-order valence-corrected chi connectivity index (χ1v) is 3.33. The summed E-state index contributed by atoms with van der Waals surface area (Å²) in [5, 5.41) is 5.76. The maximum Gasteiger partial charge on any atom is 0.234 e. The SMILES string of the molecule is CNCCC(NC)C(N)=O. The predicted octanol–water partition coefficient (Wildman–Crippen LogP) is -1.33. The second-order valence-electron chi connectivity index (χ2n) is 2.14. The molecule has 4 heteroatoms. The molecule has 60 valence electrons. The Hall–Kier alpha value is -0.610. The number of nitrogens with one attached hydrogen (secondary N) is 2. The van der Waals surface area contributed by atoms with Gasteiger partial charge in [0, 0.05) is 0 Å². The smallest absolute Gasteiger partial charge is 0.234 e. The van der Waals surface area contributed by atoms with Crippen molar-refractivity contribution in [3.8, 4) is 0 Å². The maximum atomic E-state index is 10.6.